The van der Waals surface area contributed by atoms with Gasteiger partial charge >= 0.3 is 0 Å². The minimum absolute atomic E-state index is 0.126. The fraction of sp³-hybridized carbons (Fsp3) is 0.611. The van der Waals surface area contributed by atoms with Crippen molar-refractivity contribution in [3.8, 4) is 11.5 Å². The van der Waals surface area contributed by atoms with E-state index in [4.69, 9.17) is 14.2 Å². The standard InChI is InChI=1S/C18H26N2O4/c1-13-10-20(6-7-24-13)18(21)12-19-5-4-14-8-16(22-2)17(23-3)9-15(14)11-19/h8-9,13H,4-7,10-12H2,1-3H3. The van der Waals surface area contributed by atoms with Crippen LogP contribution in [-0.4, -0.2) is 68.8 Å². The first kappa shape index (κ1) is 17.0. The van der Waals surface area contributed by atoms with Crippen LogP contribution in [0.1, 0.15) is 18.1 Å². The van der Waals surface area contributed by atoms with E-state index in [1.54, 1.807) is 14.2 Å². The summed E-state index contributed by atoms with van der Waals surface area (Å²) in [5.41, 5.74) is 2.48. The van der Waals surface area contributed by atoms with E-state index in [1.165, 1.54) is 11.1 Å². The van der Waals surface area contributed by atoms with Gasteiger partial charge in [-0.2, -0.15) is 0 Å². The van der Waals surface area contributed by atoms with Gasteiger partial charge in [-0.1, -0.05) is 0 Å². The number of methoxy groups -OCH3 is 2. The first-order valence-corrected chi connectivity index (χ1v) is 8.46. The van der Waals surface area contributed by atoms with Crippen LogP contribution in [0.15, 0.2) is 12.1 Å². The van der Waals surface area contributed by atoms with Crippen molar-refractivity contribution in [3.63, 3.8) is 0 Å². The summed E-state index contributed by atoms with van der Waals surface area (Å²) >= 11 is 0. The number of morpholine rings is 1. The molecule has 0 aliphatic carbocycles. The zero-order valence-electron chi connectivity index (χ0n) is 14.7. The molecule has 2 heterocycles. The Hall–Kier alpha value is -1.79. The SMILES string of the molecule is COc1cc2c(cc1OC)CN(CC(=O)N1CCOC(C)C1)CC2. The molecule has 1 aromatic rings. The molecule has 2 aliphatic rings. The Kier molecular flexibility index (Phi) is 5.26. The third-order valence-corrected chi connectivity index (χ3v) is 4.75. The Labute approximate surface area is 143 Å². The number of hydrogen-bond donors (Lipinski definition) is 0. The molecule has 0 radical (unpaired) electrons. The van der Waals surface area contributed by atoms with E-state index in [2.05, 4.69) is 11.0 Å². The van der Waals surface area contributed by atoms with Crippen molar-refractivity contribution in [2.24, 2.45) is 0 Å². The number of ether oxygens (including phenoxy) is 3. The van der Waals surface area contributed by atoms with Crippen LogP contribution in [0, 0.1) is 0 Å². The Morgan fingerprint density at radius 2 is 1.92 bits per heavy atom. The number of hydrogen-bond acceptors (Lipinski definition) is 5. The van der Waals surface area contributed by atoms with E-state index in [0.717, 1.165) is 31.0 Å². The highest BCUT2D eigenvalue weighted by atomic mass is 16.5. The van der Waals surface area contributed by atoms with Crippen LogP contribution in [0.2, 0.25) is 0 Å². The molecule has 1 saturated heterocycles. The molecule has 0 bridgehead atoms. The van der Waals surface area contributed by atoms with Crippen LogP contribution in [-0.2, 0) is 22.5 Å². The van der Waals surface area contributed by atoms with Crippen LogP contribution < -0.4 is 9.47 Å². The van der Waals surface area contributed by atoms with Crippen molar-refractivity contribution in [3.05, 3.63) is 23.3 Å². The predicted molar refractivity (Wildman–Crippen MR) is 90.5 cm³/mol. The zero-order chi connectivity index (χ0) is 17.1. The molecule has 1 atom stereocenters. The molecule has 1 fully saturated rings. The molecule has 1 aromatic carbocycles. The lowest BCUT2D eigenvalue weighted by molar-refractivity contribution is -0.139. The second-order valence-electron chi connectivity index (χ2n) is 6.46. The van der Waals surface area contributed by atoms with E-state index in [1.807, 2.05) is 17.9 Å². The number of nitrogens with zero attached hydrogens (tertiary/aromatic N) is 2. The summed E-state index contributed by atoms with van der Waals surface area (Å²) in [6.45, 7) is 6.13. The van der Waals surface area contributed by atoms with E-state index in [-0.39, 0.29) is 12.0 Å². The molecule has 1 amide bonds. The van der Waals surface area contributed by atoms with E-state index < -0.39 is 0 Å². The third kappa shape index (κ3) is 3.65. The van der Waals surface area contributed by atoms with Gasteiger partial charge in [0.2, 0.25) is 5.91 Å². The summed E-state index contributed by atoms with van der Waals surface area (Å²) < 4.78 is 16.3. The van der Waals surface area contributed by atoms with Gasteiger partial charge in [0.15, 0.2) is 11.5 Å². The molecule has 6 nitrogen and oxygen atoms in total. The number of rotatable bonds is 4. The minimum atomic E-state index is 0.126. The van der Waals surface area contributed by atoms with Gasteiger partial charge in [-0.3, -0.25) is 9.69 Å². The molecule has 6 heteroatoms. The maximum atomic E-state index is 12.5. The molecule has 1 unspecified atom stereocenters. The van der Waals surface area contributed by atoms with E-state index >= 15 is 0 Å². The number of fused-ring (bicyclic) bond motifs is 1. The van der Waals surface area contributed by atoms with Gasteiger partial charge in [0, 0.05) is 26.2 Å². The Bertz CT molecular complexity index is 605. The number of carbonyl (C=O) groups is 1. The second kappa shape index (κ2) is 7.40. The lowest BCUT2D eigenvalue weighted by Crippen LogP contribution is -2.48. The van der Waals surface area contributed by atoms with E-state index in [0.29, 0.717) is 26.2 Å². The van der Waals surface area contributed by atoms with Gasteiger partial charge in [-0.05, 0) is 36.6 Å². The van der Waals surface area contributed by atoms with Gasteiger partial charge in [0.1, 0.15) is 0 Å². The molecule has 0 N–H and O–H groups in total. The average molecular weight is 334 g/mol. The van der Waals surface area contributed by atoms with Gasteiger partial charge in [0.25, 0.3) is 0 Å². The fourth-order valence-corrected chi connectivity index (χ4v) is 3.41. The first-order valence-electron chi connectivity index (χ1n) is 8.46. The summed E-state index contributed by atoms with van der Waals surface area (Å²) in [4.78, 5) is 16.7. The number of carbonyl (C=O) groups excluding carboxylic acids is 1. The molecule has 3 rings (SSSR count). The minimum Gasteiger partial charge on any atom is -0.493 e. The van der Waals surface area contributed by atoms with Crippen molar-refractivity contribution in [1.82, 2.24) is 9.80 Å². The molecular weight excluding hydrogens is 308 g/mol. The maximum absolute atomic E-state index is 12.5. The average Bonchev–Trinajstić information content (AvgIpc) is 2.60. The van der Waals surface area contributed by atoms with Gasteiger partial charge < -0.3 is 19.1 Å². The zero-order valence-corrected chi connectivity index (χ0v) is 14.7. The topological polar surface area (TPSA) is 51.2 Å². The van der Waals surface area contributed by atoms with E-state index in [9.17, 15) is 4.79 Å². The highest BCUT2D eigenvalue weighted by molar-refractivity contribution is 5.78. The van der Waals surface area contributed by atoms with Crippen molar-refractivity contribution >= 4 is 5.91 Å². The lowest BCUT2D eigenvalue weighted by Gasteiger charge is -2.34. The predicted octanol–water partition coefficient (Wildman–Crippen LogP) is 1.31. The highest BCUT2D eigenvalue weighted by Gasteiger charge is 2.25. The summed E-state index contributed by atoms with van der Waals surface area (Å²) in [7, 11) is 3.30. The Morgan fingerprint density at radius 1 is 1.21 bits per heavy atom. The summed E-state index contributed by atoms with van der Waals surface area (Å²) in [5.74, 6) is 1.70. The largest absolute Gasteiger partial charge is 0.493 e. The van der Waals surface area contributed by atoms with Crippen LogP contribution in [0.25, 0.3) is 0 Å². The van der Waals surface area contributed by atoms with Crippen molar-refractivity contribution in [2.75, 3.05) is 47.0 Å². The summed E-state index contributed by atoms with van der Waals surface area (Å²) in [5, 5.41) is 0. The normalized spacial score (nSPS) is 21.3. The van der Waals surface area contributed by atoms with Crippen molar-refractivity contribution in [2.45, 2.75) is 26.0 Å². The lowest BCUT2D eigenvalue weighted by atomic mass is 9.98. The molecule has 0 aromatic heterocycles. The second-order valence-corrected chi connectivity index (χ2v) is 6.46. The third-order valence-electron chi connectivity index (χ3n) is 4.75. The van der Waals surface area contributed by atoms with Crippen molar-refractivity contribution in [1.29, 1.82) is 0 Å². The van der Waals surface area contributed by atoms with Crippen LogP contribution in [0.5, 0.6) is 11.5 Å². The number of benzene rings is 1. The number of amides is 1. The molecule has 2 aliphatic heterocycles. The maximum Gasteiger partial charge on any atom is 0.236 e. The molecular formula is C18H26N2O4. The summed E-state index contributed by atoms with van der Waals surface area (Å²) in [6.07, 6.45) is 1.05. The highest BCUT2D eigenvalue weighted by Crippen LogP contribution is 2.33. The molecule has 24 heavy (non-hydrogen) atoms. The molecule has 132 valence electrons. The Morgan fingerprint density at radius 3 is 2.58 bits per heavy atom. The summed E-state index contributed by atoms with van der Waals surface area (Å²) in [6, 6.07) is 4.08. The fourth-order valence-electron chi connectivity index (χ4n) is 3.41. The molecule has 0 spiro atoms. The monoisotopic (exact) mass is 334 g/mol. The quantitative estimate of drug-likeness (QED) is 0.831. The Balaban J connectivity index is 1.65. The van der Waals surface area contributed by atoms with Crippen LogP contribution in [0.4, 0.5) is 0 Å². The van der Waals surface area contributed by atoms with Crippen LogP contribution in [0.3, 0.4) is 0 Å². The van der Waals surface area contributed by atoms with Crippen LogP contribution >= 0.6 is 0 Å². The molecule has 0 saturated carbocycles. The van der Waals surface area contributed by atoms with Gasteiger partial charge in [-0.25, -0.2) is 0 Å². The smallest absolute Gasteiger partial charge is 0.236 e. The van der Waals surface area contributed by atoms with Gasteiger partial charge in [0.05, 0.1) is 33.5 Å². The van der Waals surface area contributed by atoms with Crippen molar-refractivity contribution < 1.29 is 19.0 Å². The van der Waals surface area contributed by atoms with Gasteiger partial charge in [-0.15, -0.1) is 0 Å². The first-order chi connectivity index (χ1) is 11.6.